The summed E-state index contributed by atoms with van der Waals surface area (Å²) < 4.78 is 6.03. The number of rotatable bonds is 2. The summed E-state index contributed by atoms with van der Waals surface area (Å²) in [7, 11) is 0. The molecule has 0 fully saturated rings. The molecule has 2 aromatic rings. The summed E-state index contributed by atoms with van der Waals surface area (Å²) in [6.45, 7) is 0. The van der Waals surface area contributed by atoms with Gasteiger partial charge < -0.3 is 9.25 Å². The molecule has 1 aromatic carbocycles. The van der Waals surface area contributed by atoms with Gasteiger partial charge >= 0.3 is 5.97 Å². The number of furan rings is 1. The predicted octanol–water partition coefficient (Wildman–Crippen LogP) is 5.36. The number of carbonyl (C=O) groups is 1. The fourth-order valence-corrected chi connectivity index (χ4v) is 4.05. The van der Waals surface area contributed by atoms with Crippen LogP contribution >= 0.6 is 23.2 Å². The van der Waals surface area contributed by atoms with Crippen LogP contribution in [0, 0.1) is 0 Å². The second-order valence-electron chi connectivity index (χ2n) is 6.40. The second kappa shape index (κ2) is 6.85. The van der Waals surface area contributed by atoms with Gasteiger partial charge in [0.15, 0.2) is 0 Å². The Morgan fingerprint density at radius 2 is 1.84 bits per heavy atom. The first-order valence-corrected chi connectivity index (χ1v) is 9.26. The molecule has 0 radical (unpaired) electrons. The lowest BCUT2D eigenvalue weighted by Gasteiger charge is -2.15. The molecule has 0 saturated carbocycles. The number of carbonyl (C=O) groups excluding carboxylic acids is 1. The van der Waals surface area contributed by atoms with Gasteiger partial charge in [-0.2, -0.15) is 0 Å². The van der Waals surface area contributed by atoms with E-state index in [1.165, 1.54) is 11.6 Å². The van der Waals surface area contributed by atoms with Crippen LogP contribution in [0.3, 0.4) is 0 Å². The molecule has 0 N–H and O–H groups in total. The van der Waals surface area contributed by atoms with Crippen LogP contribution < -0.4 is 0 Å². The highest BCUT2D eigenvalue weighted by molar-refractivity contribution is 6.36. The molecule has 1 heterocycles. The first-order chi connectivity index (χ1) is 12.1. The van der Waals surface area contributed by atoms with Crippen LogP contribution in [-0.2, 0) is 24.1 Å². The molecule has 0 unspecified atom stereocenters. The Bertz CT molecular complexity index is 870. The Labute approximate surface area is 155 Å². The van der Waals surface area contributed by atoms with Crippen molar-refractivity contribution in [2.45, 2.75) is 44.9 Å². The van der Waals surface area contributed by atoms with Crippen molar-refractivity contribution < 1.29 is 14.0 Å². The highest BCUT2D eigenvalue weighted by atomic mass is 35.5. The summed E-state index contributed by atoms with van der Waals surface area (Å²) in [5.74, 6) is 1.48. The molecule has 2 aliphatic rings. The van der Waals surface area contributed by atoms with Gasteiger partial charge in [0.1, 0.15) is 11.5 Å². The van der Waals surface area contributed by atoms with Crippen molar-refractivity contribution in [1.82, 2.24) is 0 Å². The molecular weight excluding hydrogens is 361 g/mol. The largest absolute Gasteiger partial charge is 0.465 e. The summed E-state index contributed by atoms with van der Waals surface area (Å²) in [5, 5.41) is 4.88. The van der Waals surface area contributed by atoms with E-state index < -0.39 is 5.97 Å². The van der Waals surface area contributed by atoms with Crippen molar-refractivity contribution in [3.05, 3.63) is 56.5 Å². The normalized spacial score (nSPS) is 17.9. The van der Waals surface area contributed by atoms with E-state index >= 15 is 0 Å². The quantitative estimate of drug-likeness (QED) is 0.522. The number of hydrogen-bond acceptors (Lipinski definition) is 4. The molecule has 0 atom stereocenters. The minimum atomic E-state index is -0.585. The molecule has 2 aliphatic carbocycles. The maximum atomic E-state index is 12.3. The number of aryl methyl sites for hydroxylation is 2. The molecule has 0 spiro atoms. The molecule has 130 valence electrons. The van der Waals surface area contributed by atoms with Crippen LogP contribution in [0.5, 0.6) is 0 Å². The molecule has 0 saturated heterocycles. The van der Waals surface area contributed by atoms with Crippen LogP contribution in [-0.4, -0.2) is 11.7 Å². The maximum absolute atomic E-state index is 12.3. The predicted molar refractivity (Wildman–Crippen MR) is 96.7 cm³/mol. The van der Waals surface area contributed by atoms with Gasteiger partial charge in [0.25, 0.3) is 0 Å². The molecule has 4 nitrogen and oxygen atoms in total. The van der Waals surface area contributed by atoms with Gasteiger partial charge in [-0.25, -0.2) is 4.79 Å². The molecule has 25 heavy (non-hydrogen) atoms. The standard InChI is InChI=1S/C19H17Cl2NO3/c20-11-8-9-12(14(21)10-11)19(23)25-22-15-5-3-7-17-18(15)13-4-1-2-6-16(13)24-17/h8-10H,1-7H2. The Kier molecular flexibility index (Phi) is 4.57. The van der Waals surface area contributed by atoms with E-state index in [2.05, 4.69) is 5.16 Å². The number of halogens is 2. The van der Waals surface area contributed by atoms with E-state index in [4.69, 9.17) is 32.5 Å². The highest BCUT2D eigenvalue weighted by Gasteiger charge is 2.29. The number of nitrogens with zero attached hydrogens (tertiary/aromatic N) is 1. The van der Waals surface area contributed by atoms with Crippen LogP contribution in [0.15, 0.2) is 27.8 Å². The number of fused-ring (bicyclic) bond motifs is 3. The van der Waals surface area contributed by atoms with Gasteiger partial charge in [0, 0.05) is 29.0 Å². The Hall–Kier alpha value is -1.78. The number of benzene rings is 1. The van der Waals surface area contributed by atoms with E-state index in [-0.39, 0.29) is 10.6 Å². The Morgan fingerprint density at radius 3 is 2.68 bits per heavy atom. The van der Waals surface area contributed by atoms with Crippen molar-refractivity contribution in [2.75, 3.05) is 0 Å². The van der Waals surface area contributed by atoms with Crippen LogP contribution in [0.4, 0.5) is 0 Å². The highest BCUT2D eigenvalue weighted by Crippen LogP contribution is 2.34. The van der Waals surface area contributed by atoms with Crippen molar-refractivity contribution in [2.24, 2.45) is 5.16 Å². The summed E-state index contributed by atoms with van der Waals surface area (Å²) in [4.78, 5) is 17.5. The second-order valence-corrected chi connectivity index (χ2v) is 7.25. The van der Waals surface area contributed by atoms with E-state index in [9.17, 15) is 4.79 Å². The fourth-order valence-electron chi connectivity index (χ4n) is 3.57. The number of hydrogen-bond donors (Lipinski definition) is 0. The monoisotopic (exact) mass is 377 g/mol. The molecule has 4 rings (SSSR count). The minimum absolute atomic E-state index is 0.251. The molecule has 6 heteroatoms. The van der Waals surface area contributed by atoms with E-state index in [1.807, 2.05) is 0 Å². The smallest absolute Gasteiger partial charge is 0.367 e. The summed E-state index contributed by atoms with van der Waals surface area (Å²) in [5.41, 5.74) is 3.36. The molecule has 0 bridgehead atoms. The van der Waals surface area contributed by atoms with Crippen molar-refractivity contribution in [3.8, 4) is 0 Å². The molecule has 0 aliphatic heterocycles. The van der Waals surface area contributed by atoms with E-state index in [0.717, 1.165) is 67.7 Å². The third-order valence-electron chi connectivity index (χ3n) is 4.74. The van der Waals surface area contributed by atoms with Gasteiger partial charge in [-0.15, -0.1) is 0 Å². The van der Waals surface area contributed by atoms with E-state index in [1.54, 1.807) is 12.1 Å². The van der Waals surface area contributed by atoms with Crippen LogP contribution in [0.2, 0.25) is 10.0 Å². The Balaban J connectivity index is 1.61. The zero-order chi connectivity index (χ0) is 17.4. The summed E-state index contributed by atoms with van der Waals surface area (Å²) >= 11 is 11.9. The van der Waals surface area contributed by atoms with Crippen molar-refractivity contribution in [1.29, 1.82) is 0 Å². The fraction of sp³-hybridized carbons (Fsp3) is 0.368. The minimum Gasteiger partial charge on any atom is -0.465 e. The van der Waals surface area contributed by atoms with Gasteiger partial charge in [-0.05, 0) is 50.3 Å². The lowest BCUT2D eigenvalue weighted by Crippen LogP contribution is -2.15. The maximum Gasteiger partial charge on any atom is 0.367 e. The molecule has 1 aromatic heterocycles. The van der Waals surface area contributed by atoms with Crippen molar-refractivity contribution >= 4 is 34.9 Å². The lowest BCUT2D eigenvalue weighted by molar-refractivity contribution is 0.0515. The molecule has 0 amide bonds. The average molecular weight is 378 g/mol. The Morgan fingerprint density at radius 1 is 1.04 bits per heavy atom. The zero-order valence-corrected chi connectivity index (χ0v) is 15.1. The first kappa shape index (κ1) is 16.7. The average Bonchev–Trinajstić information content (AvgIpc) is 2.99. The van der Waals surface area contributed by atoms with Gasteiger partial charge in [0.05, 0.1) is 16.3 Å². The van der Waals surface area contributed by atoms with Crippen LogP contribution in [0.1, 0.15) is 58.7 Å². The summed E-state index contributed by atoms with van der Waals surface area (Å²) in [6, 6.07) is 4.65. The lowest BCUT2D eigenvalue weighted by atomic mass is 9.88. The van der Waals surface area contributed by atoms with Crippen LogP contribution in [0.25, 0.3) is 0 Å². The third kappa shape index (κ3) is 3.21. The van der Waals surface area contributed by atoms with Gasteiger partial charge in [0.2, 0.25) is 0 Å². The zero-order valence-electron chi connectivity index (χ0n) is 13.6. The van der Waals surface area contributed by atoms with Gasteiger partial charge in [-0.3, -0.25) is 0 Å². The number of oxime groups is 1. The first-order valence-electron chi connectivity index (χ1n) is 8.50. The van der Waals surface area contributed by atoms with E-state index in [0.29, 0.717) is 5.02 Å². The third-order valence-corrected chi connectivity index (χ3v) is 5.29. The SMILES string of the molecule is O=C(ON=C1CCCc2oc3c(c21)CCCC3)c1ccc(Cl)cc1Cl. The summed E-state index contributed by atoms with van der Waals surface area (Å²) in [6.07, 6.45) is 6.94. The van der Waals surface area contributed by atoms with Crippen molar-refractivity contribution in [3.63, 3.8) is 0 Å². The van der Waals surface area contributed by atoms with Gasteiger partial charge in [-0.1, -0.05) is 28.4 Å². The topological polar surface area (TPSA) is 51.8 Å². The molecular formula is C19H17Cl2NO3.